The van der Waals surface area contributed by atoms with Gasteiger partial charge in [0.05, 0.1) is 10.8 Å². The lowest BCUT2D eigenvalue weighted by molar-refractivity contribution is 0.425. The predicted molar refractivity (Wildman–Crippen MR) is 338 cm³/mol. The number of hydrogen-bond donors (Lipinski definition) is 4. The minimum Gasteiger partial charge on any atom is -0.456 e. The second kappa shape index (κ2) is 18.2. The highest BCUT2D eigenvalue weighted by Crippen LogP contribution is 2.65. The maximum absolute atomic E-state index is 9.24. The Morgan fingerprint density at radius 2 is 0.646 bits per heavy atom. The average molecular weight is 1120 g/mol. The van der Waals surface area contributed by atoms with Gasteiger partial charge in [0.25, 0.3) is 0 Å². The van der Waals surface area contributed by atoms with Gasteiger partial charge >= 0.3 is 7.12 Å². The molecule has 0 unspecified atom stereocenters. The lowest BCUT2D eigenvalue weighted by Gasteiger charge is -2.30. The molecule has 8 heteroatoms. The molecule has 6 N–H and O–H groups in total. The summed E-state index contributed by atoms with van der Waals surface area (Å²) < 4.78 is 13.0. The molecule has 4 aliphatic rings. The van der Waals surface area contributed by atoms with E-state index >= 15 is 0 Å². The smallest absolute Gasteiger partial charge is 0.456 e. The first-order valence-corrected chi connectivity index (χ1v) is 28.3. The fraction of sp³-hybridized carbons (Fsp3) is 0.0270. The van der Waals surface area contributed by atoms with Crippen LogP contribution in [0.25, 0.3) is 99.5 Å². The van der Waals surface area contributed by atoms with Gasteiger partial charge in [-0.3, -0.25) is 0 Å². The second-order valence-electron chi connectivity index (χ2n) is 21.7. The largest absolute Gasteiger partial charge is 0.492 e. The highest BCUT2D eigenvalue weighted by molar-refractivity contribution is 9.10. The lowest BCUT2D eigenvalue weighted by atomic mass is 9.70. The Hall–Kier alpha value is -9.70. The molecule has 4 aliphatic carbocycles. The molecule has 0 saturated carbocycles. The van der Waals surface area contributed by atoms with Crippen LogP contribution in [-0.4, -0.2) is 17.2 Å². The summed E-state index contributed by atoms with van der Waals surface area (Å²) in [5.41, 5.74) is 40.5. The number of rotatable bonds is 2. The van der Waals surface area contributed by atoms with Gasteiger partial charge < -0.3 is 30.3 Å². The number of benzene rings is 12. The quantitative estimate of drug-likeness (QED) is 0.101. The van der Waals surface area contributed by atoms with E-state index in [1.54, 1.807) is 12.1 Å². The molecule has 6 nitrogen and oxygen atoms in total. The van der Waals surface area contributed by atoms with Crippen LogP contribution in [0.3, 0.4) is 0 Å². The van der Waals surface area contributed by atoms with Crippen molar-refractivity contribution in [3.8, 4) is 55.6 Å². The van der Waals surface area contributed by atoms with Crippen molar-refractivity contribution in [1.29, 1.82) is 0 Å². The van der Waals surface area contributed by atoms with Gasteiger partial charge in [0.15, 0.2) is 0 Å². The normalized spacial score (nSPS) is 13.6. The van der Waals surface area contributed by atoms with Crippen molar-refractivity contribution >= 4 is 83.8 Å². The molecule has 12 aromatic carbocycles. The van der Waals surface area contributed by atoms with Crippen LogP contribution in [-0.2, 0) is 10.8 Å². The minimum atomic E-state index is -1.51. The Balaban J connectivity index is 0.000000111. The SMILES string of the molecule is Nc1cc2c(cc1-c1cccc3c1oc1ccccc13)-c1ccccc1C21c2ccccc2-c2ccccc21.Nc1cc2c(cc1Br)-c1ccccc1C21c2ccccc2-c2ccccc21.OB(O)c1cccc2c1oc1ccccc12. The molecule has 0 amide bonds. The summed E-state index contributed by atoms with van der Waals surface area (Å²) >= 11 is 3.64. The lowest BCUT2D eigenvalue weighted by Crippen LogP contribution is -2.29. The Labute approximate surface area is 481 Å². The summed E-state index contributed by atoms with van der Waals surface area (Å²) in [5.74, 6) is 0. The minimum absolute atomic E-state index is 0.298. The molecular weight excluding hydrogens is 1070 g/mol. The Kier molecular flexibility index (Phi) is 10.7. The van der Waals surface area contributed by atoms with E-state index < -0.39 is 12.5 Å². The average Bonchev–Trinajstić information content (AvgIpc) is 3.36. The predicted octanol–water partition coefficient (Wildman–Crippen LogP) is 16.8. The van der Waals surface area contributed by atoms with Crippen molar-refractivity contribution in [2.45, 2.75) is 10.8 Å². The van der Waals surface area contributed by atoms with Gasteiger partial charge in [0.1, 0.15) is 22.3 Å². The molecule has 82 heavy (non-hydrogen) atoms. The molecule has 0 aliphatic heterocycles. The number of nitrogens with two attached hydrogens (primary N) is 2. The van der Waals surface area contributed by atoms with Gasteiger partial charge in [-0.25, -0.2) is 0 Å². The molecule has 0 radical (unpaired) electrons. The molecule has 0 atom stereocenters. The number of nitrogen functional groups attached to an aromatic ring is 2. The van der Waals surface area contributed by atoms with Crippen molar-refractivity contribution in [2.24, 2.45) is 0 Å². The van der Waals surface area contributed by atoms with Crippen LogP contribution in [0.2, 0.25) is 0 Å². The molecule has 2 spiro atoms. The summed E-state index contributed by atoms with van der Waals surface area (Å²) in [6, 6.07) is 89.4. The van der Waals surface area contributed by atoms with Gasteiger partial charge in [-0.15, -0.1) is 0 Å². The Morgan fingerprint density at radius 3 is 1.11 bits per heavy atom. The first-order chi connectivity index (χ1) is 40.3. The molecule has 0 bridgehead atoms. The third kappa shape index (κ3) is 6.59. The van der Waals surface area contributed by atoms with E-state index in [0.717, 1.165) is 65.3 Å². The van der Waals surface area contributed by atoms with Crippen LogP contribution in [0.4, 0.5) is 11.4 Å². The van der Waals surface area contributed by atoms with Crippen molar-refractivity contribution in [2.75, 3.05) is 11.5 Å². The van der Waals surface area contributed by atoms with E-state index in [2.05, 4.69) is 216 Å². The number of para-hydroxylation sites is 4. The summed E-state index contributed by atoms with van der Waals surface area (Å²) in [4.78, 5) is 0. The van der Waals surface area contributed by atoms with Crippen LogP contribution in [0, 0.1) is 0 Å². The highest BCUT2D eigenvalue weighted by atomic mass is 79.9. The topological polar surface area (TPSA) is 119 Å². The van der Waals surface area contributed by atoms with Crippen molar-refractivity contribution in [1.82, 2.24) is 0 Å². The zero-order valence-corrected chi connectivity index (χ0v) is 45.7. The van der Waals surface area contributed by atoms with Crippen LogP contribution in [0.1, 0.15) is 44.5 Å². The number of furan rings is 2. The summed E-state index contributed by atoms with van der Waals surface area (Å²) in [6.45, 7) is 0. The maximum atomic E-state index is 9.24. The van der Waals surface area contributed by atoms with Crippen LogP contribution < -0.4 is 16.9 Å². The van der Waals surface area contributed by atoms with Gasteiger partial charge in [0, 0.05) is 54.0 Å². The molecule has 14 aromatic rings. The monoisotopic (exact) mass is 1120 g/mol. The number of halogens is 1. The van der Waals surface area contributed by atoms with E-state index in [4.69, 9.17) is 20.3 Å². The molecule has 2 aromatic heterocycles. The highest BCUT2D eigenvalue weighted by Gasteiger charge is 2.53. The van der Waals surface area contributed by atoms with E-state index in [1.165, 1.54) is 89.0 Å². The number of hydrogen-bond acceptors (Lipinski definition) is 6. The zero-order chi connectivity index (χ0) is 55.0. The standard InChI is InChI=1S/C37H23NO.C25H16BrN.C12H9BO3/c38-34-21-33-28(20-29(34)27-15-9-14-26-25-13-4-8-19-35(25)39-36(26)27)24-12-3-7-18-32(24)37(33)30-16-5-1-10-22(30)23-11-2-6-17-31(23)37;26-23-13-18-17-9-3-6-12-21(17)25(22(18)14-24(23)27)19-10-4-1-7-15(19)16-8-2-5-11-20(16)25;14-13(15)10-6-3-5-9-8-4-1-2-7-11(8)16-12(9)10/h1-21H,38H2;1-14H,27H2;1-7,14-15H. The van der Waals surface area contributed by atoms with Gasteiger partial charge in [-0.2, -0.15) is 0 Å². The third-order valence-electron chi connectivity index (χ3n) is 17.7. The molecule has 18 rings (SSSR count). The Morgan fingerprint density at radius 1 is 0.305 bits per heavy atom. The van der Waals surface area contributed by atoms with E-state index in [0.29, 0.717) is 11.0 Å². The van der Waals surface area contributed by atoms with Crippen LogP contribution >= 0.6 is 15.9 Å². The van der Waals surface area contributed by atoms with Crippen LogP contribution in [0.5, 0.6) is 0 Å². The zero-order valence-electron chi connectivity index (χ0n) is 44.1. The number of anilines is 2. The summed E-state index contributed by atoms with van der Waals surface area (Å²) in [7, 11) is -1.51. The van der Waals surface area contributed by atoms with Crippen molar-refractivity contribution in [3.05, 3.63) is 304 Å². The van der Waals surface area contributed by atoms with Crippen molar-refractivity contribution < 1.29 is 18.9 Å². The van der Waals surface area contributed by atoms with E-state index in [-0.39, 0.29) is 5.41 Å². The molecule has 2 heterocycles. The number of fused-ring (bicyclic) bond motifs is 26. The molecule has 388 valence electrons. The molecular formula is C74H48BBrN2O4. The molecule has 0 saturated heterocycles. The molecule has 0 fully saturated rings. The summed E-state index contributed by atoms with van der Waals surface area (Å²) in [5, 5.41) is 22.6. The fourth-order valence-corrected chi connectivity index (χ4v) is 14.8. The van der Waals surface area contributed by atoms with E-state index in [1.807, 2.05) is 42.5 Å². The fourth-order valence-electron chi connectivity index (χ4n) is 14.4. The second-order valence-corrected chi connectivity index (χ2v) is 22.5. The Bertz CT molecular complexity index is 4910. The maximum Gasteiger partial charge on any atom is 0.492 e. The van der Waals surface area contributed by atoms with Gasteiger partial charge in [-0.05, 0) is 141 Å². The van der Waals surface area contributed by atoms with Gasteiger partial charge in [0.2, 0.25) is 0 Å². The first-order valence-electron chi connectivity index (χ1n) is 27.6. The van der Waals surface area contributed by atoms with Gasteiger partial charge in [-0.1, -0.05) is 218 Å². The van der Waals surface area contributed by atoms with Crippen LogP contribution in [0.15, 0.2) is 268 Å². The van der Waals surface area contributed by atoms with E-state index in [9.17, 15) is 10.0 Å². The first kappa shape index (κ1) is 48.2. The van der Waals surface area contributed by atoms with Crippen molar-refractivity contribution in [3.63, 3.8) is 0 Å². The third-order valence-corrected chi connectivity index (χ3v) is 18.4. The summed E-state index contributed by atoms with van der Waals surface area (Å²) in [6.07, 6.45) is 0.